The van der Waals surface area contributed by atoms with Gasteiger partial charge in [-0.3, -0.25) is 0 Å². The first kappa shape index (κ1) is 13.5. The van der Waals surface area contributed by atoms with Gasteiger partial charge in [-0.1, -0.05) is 0 Å². The van der Waals surface area contributed by atoms with Crippen molar-refractivity contribution >= 4 is 22.4 Å². The van der Waals surface area contributed by atoms with Crippen LogP contribution >= 0.6 is 0 Å². The summed E-state index contributed by atoms with van der Waals surface area (Å²) in [7, 11) is 0. The number of rotatable bonds is 0. The maximum absolute atomic E-state index is 6.66. The quantitative estimate of drug-likeness (QED) is 0.683. The second-order valence-corrected chi connectivity index (χ2v) is 11.3. The van der Waals surface area contributed by atoms with Crippen molar-refractivity contribution in [3.8, 4) is 0 Å². The monoisotopic (exact) mass is 348 g/mol. The molecule has 21 heavy (non-hydrogen) atoms. The summed E-state index contributed by atoms with van der Waals surface area (Å²) in [5.41, 5.74) is 1.98. The zero-order valence-electron chi connectivity index (χ0n) is 12.8. The summed E-state index contributed by atoms with van der Waals surface area (Å²) < 4.78 is 15.9. The van der Waals surface area contributed by atoms with Crippen LogP contribution in [-0.2, 0) is 18.8 Å². The molecule has 2 aliphatic heterocycles. The van der Waals surface area contributed by atoms with Gasteiger partial charge in [0.05, 0.1) is 0 Å². The van der Waals surface area contributed by atoms with E-state index in [1.165, 1.54) is 20.1 Å². The predicted octanol–water partition coefficient (Wildman–Crippen LogP) is 2.77. The summed E-state index contributed by atoms with van der Waals surface area (Å²) in [6, 6.07) is 17.1. The van der Waals surface area contributed by atoms with Crippen molar-refractivity contribution in [1.82, 2.24) is 0 Å². The van der Waals surface area contributed by atoms with E-state index >= 15 is 0 Å². The molecule has 0 atom stereocenters. The van der Waals surface area contributed by atoms with Crippen LogP contribution in [-0.4, -0.2) is 13.5 Å². The van der Waals surface area contributed by atoms with Crippen molar-refractivity contribution in [3.05, 3.63) is 59.7 Å². The van der Waals surface area contributed by atoms with Crippen molar-refractivity contribution in [1.29, 1.82) is 0 Å². The Kier molecular flexibility index (Phi) is 2.57. The molecule has 0 saturated carbocycles. The van der Waals surface area contributed by atoms with Crippen molar-refractivity contribution in [2.45, 2.75) is 38.9 Å². The van der Waals surface area contributed by atoms with E-state index < -0.39 is 13.5 Å². The Morgan fingerprint density at radius 3 is 1.48 bits per heavy atom. The van der Waals surface area contributed by atoms with Gasteiger partial charge in [0.15, 0.2) is 0 Å². The Labute approximate surface area is 129 Å². The van der Waals surface area contributed by atoms with Gasteiger partial charge in [-0.15, -0.1) is 0 Å². The van der Waals surface area contributed by atoms with Crippen LogP contribution in [0.15, 0.2) is 48.5 Å². The van der Waals surface area contributed by atoms with E-state index in [2.05, 4.69) is 76.2 Å². The van der Waals surface area contributed by atoms with Gasteiger partial charge < -0.3 is 0 Å². The first-order chi connectivity index (χ1) is 9.87. The average Bonchev–Trinajstić information content (AvgIpc) is 2.81. The molecular weight excluding hydrogens is 327 g/mol. The Balaban J connectivity index is 2.04. The third-order valence-electron chi connectivity index (χ3n) is 4.30. The summed E-state index contributed by atoms with van der Waals surface area (Å²) in [4.78, 5) is 0. The molecule has 2 heterocycles. The Hall–Kier alpha value is -1.12. The van der Waals surface area contributed by atoms with E-state index in [4.69, 9.17) is 7.64 Å². The molecule has 2 aliphatic rings. The Morgan fingerprint density at radius 1 is 0.667 bits per heavy atom. The van der Waals surface area contributed by atoms with Crippen molar-refractivity contribution in [2.24, 2.45) is 0 Å². The molecule has 2 aromatic rings. The molecule has 1 spiro atoms. The third kappa shape index (κ3) is 1.66. The van der Waals surface area contributed by atoms with Gasteiger partial charge in [-0.25, -0.2) is 0 Å². The standard InChI is InChI=1S/C18H20O2Se/c1-17(2)13-9-5-7-11-15(13)21(19-17)16-12-8-6-10-14(16)18(3,4)20-21/h5-12H,1-4H3. The Morgan fingerprint density at radius 2 is 1.05 bits per heavy atom. The van der Waals surface area contributed by atoms with Crippen molar-refractivity contribution in [3.63, 3.8) is 0 Å². The van der Waals surface area contributed by atoms with Gasteiger partial charge in [-0.05, 0) is 0 Å². The van der Waals surface area contributed by atoms with Crippen molar-refractivity contribution < 1.29 is 7.64 Å². The molecule has 0 aliphatic carbocycles. The van der Waals surface area contributed by atoms with Gasteiger partial charge in [-0.2, -0.15) is 0 Å². The van der Waals surface area contributed by atoms with Gasteiger partial charge in [0.1, 0.15) is 0 Å². The minimum absolute atomic E-state index is 0.288. The third-order valence-corrected chi connectivity index (χ3v) is 11.0. The zero-order valence-corrected chi connectivity index (χ0v) is 14.6. The van der Waals surface area contributed by atoms with E-state index in [1.54, 1.807) is 0 Å². The molecule has 4 rings (SSSR count). The molecule has 0 radical (unpaired) electrons. The number of fused-ring (bicyclic) bond motifs is 4. The van der Waals surface area contributed by atoms with Crippen LogP contribution < -0.4 is 8.92 Å². The predicted molar refractivity (Wildman–Crippen MR) is 86.1 cm³/mol. The molecule has 2 aromatic carbocycles. The first-order valence-electron chi connectivity index (χ1n) is 7.30. The molecule has 0 unspecified atom stereocenters. The normalized spacial score (nSPS) is 24.6. The van der Waals surface area contributed by atoms with E-state index in [9.17, 15) is 0 Å². The summed E-state index contributed by atoms with van der Waals surface area (Å²) in [6.45, 7) is 8.59. The van der Waals surface area contributed by atoms with Gasteiger partial charge in [0.25, 0.3) is 0 Å². The molecule has 0 amide bonds. The van der Waals surface area contributed by atoms with Crippen LogP contribution in [0.5, 0.6) is 0 Å². The number of benzene rings is 2. The fraction of sp³-hybridized carbons (Fsp3) is 0.333. The van der Waals surface area contributed by atoms with E-state index in [-0.39, 0.29) is 11.2 Å². The van der Waals surface area contributed by atoms with Gasteiger partial charge in [0, 0.05) is 0 Å². The molecule has 0 aromatic heterocycles. The van der Waals surface area contributed by atoms with Crippen LogP contribution in [0, 0.1) is 0 Å². The molecule has 0 N–H and O–H groups in total. The van der Waals surface area contributed by atoms with Crippen LogP contribution in [0.1, 0.15) is 38.8 Å². The zero-order chi connectivity index (χ0) is 14.9. The SMILES string of the molecule is CC1(C)O[Se]2(OC(C)(C)c3ccccc32)c2ccccc21. The van der Waals surface area contributed by atoms with Crippen LogP contribution in [0.3, 0.4) is 0 Å². The summed E-state index contributed by atoms with van der Waals surface area (Å²) in [5, 5.41) is 0. The van der Waals surface area contributed by atoms with Crippen LogP contribution in [0.25, 0.3) is 0 Å². The second-order valence-electron chi connectivity index (χ2n) is 6.68. The van der Waals surface area contributed by atoms with Crippen LogP contribution in [0.2, 0.25) is 0 Å². The molecule has 0 saturated heterocycles. The summed E-state index contributed by atoms with van der Waals surface area (Å²) in [6.07, 6.45) is 0. The van der Waals surface area contributed by atoms with Crippen LogP contribution in [0.4, 0.5) is 0 Å². The van der Waals surface area contributed by atoms with E-state index in [0.717, 1.165) is 0 Å². The number of hydrogen-bond acceptors (Lipinski definition) is 2. The fourth-order valence-electron chi connectivity index (χ4n) is 3.39. The average molecular weight is 347 g/mol. The Bertz CT molecular complexity index is 670. The topological polar surface area (TPSA) is 18.5 Å². The van der Waals surface area contributed by atoms with Gasteiger partial charge in [0.2, 0.25) is 0 Å². The van der Waals surface area contributed by atoms with E-state index in [0.29, 0.717) is 0 Å². The molecule has 110 valence electrons. The van der Waals surface area contributed by atoms with Gasteiger partial charge >= 0.3 is 129 Å². The summed E-state index contributed by atoms with van der Waals surface area (Å²) in [5.74, 6) is 0. The molecule has 2 nitrogen and oxygen atoms in total. The molecule has 3 heteroatoms. The molecule has 0 bridgehead atoms. The number of hydrogen-bond donors (Lipinski definition) is 0. The molecular formula is C18H20O2Se. The maximum atomic E-state index is 6.66. The summed E-state index contributed by atoms with van der Waals surface area (Å²) >= 11 is -2.81. The fourth-order valence-corrected chi connectivity index (χ4v) is 11.2. The van der Waals surface area contributed by atoms with Crippen molar-refractivity contribution in [2.75, 3.05) is 0 Å². The molecule has 0 fully saturated rings. The second kappa shape index (κ2) is 3.99. The van der Waals surface area contributed by atoms with E-state index in [1.807, 2.05) is 0 Å². The first-order valence-corrected chi connectivity index (χ1v) is 10.4. The minimum atomic E-state index is -2.81.